The molecule has 1 heterocycles. The number of aromatic nitrogens is 2. The summed E-state index contributed by atoms with van der Waals surface area (Å²) in [4.78, 5) is 12.8. The van der Waals surface area contributed by atoms with Crippen molar-refractivity contribution in [2.24, 2.45) is 0 Å². The topological polar surface area (TPSA) is 105 Å². The maximum atomic E-state index is 12.8. The zero-order valence-corrected chi connectivity index (χ0v) is 17.4. The van der Waals surface area contributed by atoms with E-state index in [0.29, 0.717) is 34.1 Å². The SMILES string of the molecule is COc1cc(C(=O)Nc2nonc2-c2ccc(OC(C)C)cc2)cc(OC)c1OC. The van der Waals surface area contributed by atoms with E-state index in [1.807, 2.05) is 38.1 Å². The van der Waals surface area contributed by atoms with E-state index >= 15 is 0 Å². The zero-order valence-electron chi connectivity index (χ0n) is 17.4. The lowest BCUT2D eigenvalue weighted by Gasteiger charge is -2.13. The molecule has 30 heavy (non-hydrogen) atoms. The fourth-order valence-corrected chi connectivity index (χ4v) is 2.82. The summed E-state index contributed by atoms with van der Waals surface area (Å²) in [7, 11) is 4.45. The predicted molar refractivity (Wildman–Crippen MR) is 110 cm³/mol. The number of carbonyl (C=O) groups is 1. The number of hydrogen-bond donors (Lipinski definition) is 1. The van der Waals surface area contributed by atoms with Crippen LogP contribution in [0.5, 0.6) is 23.0 Å². The molecule has 0 fully saturated rings. The van der Waals surface area contributed by atoms with Gasteiger partial charge in [-0.05, 0) is 60.6 Å². The van der Waals surface area contributed by atoms with Gasteiger partial charge in [-0.3, -0.25) is 4.79 Å². The van der Waals surface area contributed by atoms with Crippen molar-refractivity contribution in [2.75, 3.05) is 26.6 Å². The largest absolute Gasteiger partial charge is 0.493 e. The van der Waals surface area contributed by atoms with Crippen LogP contribution < -0.4 is 24.3 Å². The number of anilines is 1. The average Bonchev–Trinajstić information content (AvgIpc) is 3.20. The Bertz CT molecular complexity index is 989. The highest BCUT2D eigenvalue weighted by Gasteiger charge is 2.20. The summed E-state index contributed by atoms with van der Waals surface area (Å²) < 4.78 is 26.3. The van der Waals surface area contributed by atoms with Crippen LogP contribution in [0.25, 0.3) is 11.3 Å². The van der Waals surface area contributed by atoms with E-state index < -0.39 is 5.91 Å². The molecule has 2 aromatic carbocycles. The molecule has 158 valence electrons. The van der Waals surface area contributed by atoms with Gasteiger partial charge in [-0.1, -0.05) is 0 Å². The van der Waals surface area contributed by atoms with Crippen LogP contribution in [0, 0.1) is 0 Å². The number of amides is 1. The van der Waals surface area contributed by atoms with Crippen molar-refractivity contribution in [3.05, 3.63) is 42.0 Å². The molecule has 9 nitrogen and oxygen atoms in total. The van der Waals surface area contributed by atoms with Gasteiger partial charge in [0.05, 0.1) is 27.4 Å². The van der Waals surface area contributed by atoms with E-state index in [4.69, 9.17) is 23.6 Å². The van der Waals surface area contributed by atoms with Gasteiger partial charge in [-0.25, -0.2) is 4.63 Å². The molecule has 3 aromatic rings. The van der Waals surface area contributed by atoms with Crippen molar-refractivity contribution in [2.45, 2.75) is 20.0 Å². The summed E-state index contributed by atoms with van der Waals surface area (Å²) in [5, 5.41) is 10.4. The molecule has 0 bridgehead atoms. The Balaban J connectivity index is 1.85. The fourth-order valence-electron chi connectivity index (χ4n) is 2.82. The van der Waals surface area contributed by atoms with Gasteiger partial charge in [0.1, 0.15) is 5.75 Å². The Kier molecular flexibility index (Phi) is 6.41. The third-order valence-electron chi connectivity index (χ3n) is 4.15. The number of ether oxygens (including phenoxy) is 4. The van der Waals surface area contributed by atoms with Gasteiger partial charge in [-0.15, -0.1) is 0 Å². The molecule has 0 atom stereocenters. The van der Waals surface area contributed by atoms with Gasteiger partial charge in [0.2, 0.25) is 11.6 Å². The number of methoxy groups -OCH3 is 3. The number of benzene rings is 2. The Labute approximate surface area is 173 Å². The normalized spacial score (nSPS) is 10.6. The summed E-state index contributed by atoms with van der Waals surface area (Å²) >= 11 is 0. The second-order valence-electron chi connectivity index (χ2n) is 6.52. The van der Waals surface area contributed by atoms with E-state index in [1.165, 1.54) is 21.3 Å². The lowest BCUT2D eigenvalue weighted by atomic mass is 10.1. The molecule has 9 heteroatoms. The summed E-state index contributed by atoms with van der Waals surface area (Å²) in [6.07, 6.45) is 0.0675. The lowest BCUT2D eigenvalue weighted by molar-refractivity contribution is 0.102. The Hall–Kier alpha value is -3.75. The fraction of sp³-hybridized carbons (Fsp3) is 0.286. The van der Waals surface area contributed by atoms with Crippen molar-refractivity contribution in [3.63, 3.8) is 0 Å². The van der Waals surface area contributed by atoms with Gasteiger partial charge < -0.3 is 24.3 Å². The number of nitrogens with one attached hydrogen (secondary N) is 1. The smallest absolute Gasteiger partial charge is 0.257 e. The Morgan fingerprint density at radius 2 is 1.60 bits per heavy atom. The molecule has 1 aromatic heterocycles. The highest BCUT2D eigenvalue weighted by Crippen LogP contribution is 2.38. The molecule has 0 aliphatic carbocycles. The van der Waals surface area contributed by atoms with Crippen LogP contribution >= 0.6 is 0 Å². The summed E-state index contributed by atoms with van der Waals surface area (Å²) in [6.45, 7) is 3.90. The van der Waals surface area contributed by atoms with Crippen LogP contribution in [0.2, 0.25) is 0 Å². The van der Waals surface area contributed by atoms with E-state index in [-0.39, 0.29) is 11.9 Å². The molecule has 0 radical (unpaired) electrons. The van der Waals surface area contributed by atoms with Gasteiger partial charge in [0.15, 0.2) is 17.2 Å². The molecule has 1 N–H and O–H groups in total. The molecule has 0 spiro atoms. The maximum absolute atomic E-state index is 12.8. The molecule has 3 rings (SSSR count). The van der Waals surface area contributed by atoms with Crippen LogP contribution in [-0.4, -0.2) is 43.7 Å². The Morgan fingerprint density at radius 1 is 0.967 bits per heavy atom. The number of hydrogen-bond acceptors (Lipinski definition) is 8. The summed E-state index contributed by atoms with van der Waals surface area (Å²) in [5.74, 6) is 1.59. The average molecular weight is 413 g/mol. The second-order valence-corrected chi connectivity index (χ2v) is 6.52. The van der Waals surface area contributed by atoms with E-state index in [1.54, 1.807) is 12.1 Å². The third kappa shape index (κ3) is 4.45. The molecule has 0 saturated carbocycles. The van der Waals surface area contributed by atoms with Crippen LogP contribution in [0.4, 0.5) is 5.82 Å². The summed E-state index contributed by atoms with van der Waals surface area (Å²) in [6, 6.07) is 10.3. The minimum absolute atomic E-state index is 0.0675. The number of nitrogens with zero attached hydrogens (tertiary/aromatic N) is 2. The van der Waals surface area contributed by atoms with E-state index in [2.05, 4.69) is 15.6 Å². The van der Waals surface area contributed by atoms with Crippen LogP contribution in [0.1, 0.15) is 24.2 Å². The highest BCUT2D eigenvalue weighted by atomic mass is 16.6. The second kappa shape index (κ2) is 9.17. The number of rotatable bonds is 8. The van der Waals surface area contributed by atoms with Crippen LogP contribution in [0.3, 0.4) is 0 Å². The third-order valence-corrected chi connectivity index (χ3v) is 4.15. The summed E-state index contributed by atoms with van der Waals surface area (Å²) in [5.41, 5.74) is 1.40. The standard InChI is InChI=1S/C21H23N3O6/c1-12(2)29-15-8-6-13(7-9-15)18-20(24-30-23-18)22-21(25)14-10-16(26-3)19(28-5)17(11-14)27-4/h6-12H,1-5H3,(H,22,24,25). The molecule has 0 unspecified atom stereocenters. The van der Waals surface area contributed by atoms with Gasteiger partial charge in [0.25, 0.3) is 5.91 Å². The number of carbonyl (C=O) groups excluding carboxylic acids is 1. The van der Waals surface area contributed by atoms with E-state index in [0.717, 1.165) is 5.75 Å². The minimum Gasteiger partial charge on any atom is -0.493 e. The van der Waals surface area contributed by atoms with Crippen molar-refractivity contribution in [3.8, 4) is 34.3 Å². The predicted octanol–water partition coefficient (Wildman–Crippen LogP) is 3.80. The van der Waals surface area contributed by atoms with Crippen LogP contribution in [-0.2, 0) is 0 Å². The maximum Gasteiger partial charge on any atom is 0.257 e. The van der Waals surface area contributed by atoms with Crippen molar-refractivity contribution in [1.82, 2.24) is 10.3 Å². The first-order valence-electron chi connectivity index (χ1n) is 9.17. The molecule has 0 aliphatic rings. The molecule has 0 saturated heterocycles. The van der Waals surface area contributed by atoms with Gasteiger partial charge in [-0.2, -0.15) is 0 Å². The first-order valence-corrected chi connectivity index (χ1v) is 9.17. The van der Waals surface area contributed by atoms with Gasteiger partial charge in [0, 0.05) is 11.1 Å². The zero-order chi connectivity index (χ0) is 21.7. The van der Waals surface area contributed by atoms with E-state index in [9.17, 15) is 4.79 Å². The van der Waals surface area contributed by atoms with Gasteiger partial charge >= 0.3 is 0 Å². The minimum atomic E-state index is -0.439. The first-order chi connectivity index (χ1) is 14.5. The Morgan fingerprint density at radius 3 is 2.13 bits per heavy atom. The van der Waals surface area contributed by atoms with Crippen LogP contribution in [0.15, 0.2) is 41.0 Å². The quantitative estimate of drug-likeness (QED) is 0.594. The molecule has 0 aliphatic heterocycles. The molecule has 1 amide bonds. The van der Waals surface area contributed by atoms with Crippen molar-refractivity contribution in [1.29, 1.82) is 0 Å². The molecular formula is C21H23N3O6. The highest BCUT2D eigenvalue weighted by molar-refractivity contribution is 6.06. The monoisotopic (exact) mass is 413 g/mol. The lowest BCUT2D eigenvalue weighted by Crippen LogP contribution is -2.13. The van der Waals surface area contributed by atoms with Crippen molar-refractivity contribution < 1.29 is 28.4 Å². The van der Waals surface area contributed by atoms with Crippen molar-refractivity contribution >= 4 is 11.7 Å². The first kappa shape index (κ1) is 21.0. The molecular weight excluding hydrogens is 390 g/mol.